The smallest absolute Gasteiger partial charge is 0.263 e. The number of thiophene rings is 1. The van der Waals surface area contributed by atoms with E-state index >= 15 is 0 Å². The number of nitrogens with one attached hydrogen (secondary N) is 1. The number of hydrogen-bond donors (Lipinski definition) is 2. The average Bonchev–Trinajstić information content (AvgIpc) is 3.39. The van der Waals surface area contributed by atoms with Crippen LogP contribution in [0.25, 0.3) is 9.88 Å². The molecule has 0 aliphatic carbocycles. The summed E-state index contributed by atoms with van der Waals surface area (Å²) < 4.78 is 0. The summed E-state index contributed by atoms with van der Waals surface area (Å²) in [5.74, 6) is -0.0706. The summed E-state index contributed by atoms with van der Waals surface area (Å²) in [6.07, 6.45) is 1.57. The number of benzene rings is 1. The predicted octanol–water partition coefficient (Wildman–Crippen LogP) is 4.07. The Morgan fingerprint density at radius 3 is 2.62 bits per heavy atom. The van der Waals surface area contributed by atoms with Gasteiger partial charge in [0.25, 0.3) is 5.91 Å². The molecule has 0 spiro atoms. The number of aliphatic hydroxyl groups is 1. The Hall–Kier alpha value is -2.06. The normalized spacial score (nSPS) is 15.5. The number of rotatable bonds is 6. The molecule has 0 unspecified atom stereocenters. The van der Waals surface area contributed by atoms with Crippen molar-refractivity contribution in [2.75, 3.05) is 13.1 Å². The van der Waals surface area contributed by atoms with E-state index in [2.05, 4.69) is 39.5 Å². The van der Waals surface area contributed by atoms with Crippen LogP contribution in [0.1, 0.15) is 39.3 Å². The summed E-state index contributed by atoms with van der Waals surface area (Å²) in [4.78, 5) is 21.3. The fraction of sp³-hybridized carbons (Fsp3) is 0.364. The summed E-state index contributed by atoms with van der Waals surface area (Å²) in [6.45, 7) is 5.18. The molecule has 4 rings (SSSR count). The van der Waals surface area contributed by atoms with Crippen molar-refractivity contribution in [3.8, 4) is 9.88 Å². The molecular formula is C22H25N3O2S2. The van der Waals surface area contributed by atoms with Gasteiger partial charge in [-0.15, -0.1) is 22.7 Å². The van der Waals surface area contributed by atoms with Gasteiger partial charge in [0.15, 0.2) is 0 Å². The van der Waals surface area contributed by atoms with Crippen molar-refractivity contribution in [2.24, 2.45) is 0 Å². The number of aromatic nitrogens is 1. The van der Waals surface area contributed by atoms with Gasteiger partial charge >= 0.3 is 0 Å². The van der Waals surface area contributed by atoms with E-state index in [-0.39, 0.29) is 12.0 Å². The average molecular weight is 428 g/mol. The van der Waals surface area contributed by atoms with Gasteiger partial charge in [-0.05, 0) is 42.3 Å². The lowest BCUT2D eigenvalue weighted by atomic mass is 10.1. The van der Waals surface area contributed by atoms with Crippen LogP contribution in [-0.2, 0) is 13.1 Å². The van der Waals surface area contributed by atoms with Gasteiger partial charge in [-0.2, -0.15) is 0 Å². The van der Waals surface area contributed by atoms with Gasteiger partial charge in [0.2, 0.25) is 0 Å². The van der Waals surface area contributed by atoms with E-state index in [0.29, 0.717) is 11.4 Å². The van der Waals surface area contributed by atoms with Crippen LogP contribution >= 0.6 is 22.7 Å². The highest BCUT2D eigenvalue weighted by Crippen LogP contribution is 2.31. The SMILES string of the molecule is Cc1nc(-c2cccs2)sc1C(=O)NCc1ccc(CN2CCC(O)CC2)cc1. The quantitative estimate of drug-likeness (QED) is 0.622. The molecule has 29 heavy (non-hydrogen) atoms. The summed E-state index contributed by atoms with van der Waals surface area (Å²) in [7, 11) is 0. The number of piperidine rings is 1. The zero-order chi connectivity index (χ0) is 20.2. The lowest BCUT2D eigenvalue weighted by Crippen LogP contribution is -2.35. The van der Waals surface area contributed by atoms with Crippen LogP contribution < -0.4 is 5.32 Å². The number of thiazole rings is 1. The summed E-state index contributed by atoms with van der Waals surface area (Å²) >= 11 is 3.08. The van der Waals surface area contributed by atoms with Gasteiger partial charge in [0, 0.05) is 26.2 Å². The molecule has 0 saturated carbocycles. The van der Waals surface area contributed by atoms with Crippen molar-refractivity contribution >= 4 is 28.6 Å². The molecule has 5 nitrogen and oxygen atoms in total. The summed E-state index contributed by atoms with van der Waals surface area (Å²) in [5, 5.41) is 15.6. The van der Waals surface area contributed by atoms with E-state index in [0.717, 1.165) is 53.6 Å². The highest BCUT2D eigenvalue weighted by atomic mass is 32.1. The van der Waals surface area contributed by atoms with Gasteiger partial charge in [-0.25, -0.2) is 4.98 Å². The molecule has 2 N–H and O–H groups in total. The lowest BCUT2D eigenvalue weighted by Gasteiger charge is -2.29. The maximum atomic E-state index is 12.6. The van der Waals surface area contributed by atoms with Crippen LogP contribution in [-0.4, -0.2) is 40.1 Å². The number of aryl methyl sites for hydroxylation is 1. The third kappa shape index (κ3) is 5.11. The molecule has 7 heteroatoms. The number of nitrogens with zero attached hydrogens (tertiary/aromatic N) is 2. The van der Waals surface area contributed by atoms with Crippen molar-refractivity contribution < 1.29 is 9.90 Å². The Labute approximate surface area is 179 Å². The van der Waals surface area contributed by atoms with Gasteiger partial charge in [0.05, 0.1) is 16.7 Å². The third-order valence-electron chi connectivity index (χ3n) is 5.17. The molecule has 1 amide bonds. The molecule has 1 aromatic carbocycles. The van der Waals surface area contributed by atoms with Crippen molar-refractivity contribution in [1.29, 1.82) is 0 Å². The molecule has 152 valence electrons. The molecule has 1 aliphatic rings. The molecular weight excluding hydrogens is 402 g/mol. The Morgan fingerprint density at radius 2 is 1.93 bits per heavy atom. The molecule has 1 fully saturated rings. The minimum atomic E-state index is -0.138. The van der Waals surface area contributed by atoms with E-state index in [1.165, 1.54) is 16.9 Å². The highest BCUT2D eigenvalue weighted by Gasteiger charge is 2.18. The minimum absolute atomic E-state index is 0.0706. The third-order valence-corrected chi connectivity index (χ3v) is 7.37. The van der Waals surface area contributed by atoms with E-state index in [9.17, 15) is 9.90 Å². The van der Waals surface area contributed by atoms with Gasteiger partial charge < -0.3 is 10.4 Å². The largest absolute Gasteiger partial charge is 0.393 e. The maximum absolute atomic E-state index is 12.6. The molecule has 3 heterocycles. The zero-order valence-corrected chi connectivity index (χ0v) is 18.1. The molecule has 3 aromatic rings. The first kappa shape index (κ1) is 20.2. The Kier molecular flexibility index (Phi) is 6.40. The second-order valence-electron chi connectivity index (χ2n) is 7.42. The fourth-order valence-corrected chi connectivity index (χ4v) is 5.25. The molecule has 1 aliphatic heterocycles. The topological polar surface area (TPSA) is 65.5 Å². The van der Waals surface area contributed by atoms with Gasteiger partial charge in [-0.1, -0.05) is 30.3 Å². The summed E-state index contributed by atoms with van der Waals surface area (Å²) in [5.41, 5.74) is 3.12. The maximum Gasteiger partial charge on any atom is 0.263 e. The van der Waals surface area contributed by atoms with Crippen LogP contribution in [0.2, 0.25) is 0 Å². The molecule has 2 aromatic heterocycles. The number of carbonyl (C=O) groups is 1. The van der Waals surface area contributed by atoms with Crippen LogP contribution in [0.15, 0.2) is 41.8 Å². The number of hydrogen-bond acceptors (Lipinski definition) is 6. The number of likely N-dealkylation sites (tertiary alicyclic amines) is 1. The molecule has 0 bridgehead atoms. The zero-order valence-electron chi connectivity index (χ0n) is 16.4. The molecule has 0 atom stereocenters. The summed E-state index contributed by atoms with van der Waals surface area (Å²) in [6, 6.07) is 12.4. The van der Waals surface area contributed by atoms with Crippen molar-refractivity contribution in [3.05, 3.63) is 63.5 Å². The lowest BCUT2D eigenvalue weighted by molar-refractivity contribution is 0.0792. The number of aliphatic hydroxyl groups excluding tert-OH is 1. The van der Waals surface area contributed by atoms with Crippen molar-refractivity contribution in [1.82, 2.24) is 15.2 Å². The van der Waals surface area contributed by atoms with Crippen LogP contribution in [0.3, 0.4) is 0 Å². The van der Waals surface area contributed by atoms with E-state index in [1.807, 2.05) is 24.4 Å². The Balaban J connectivity index is 1.31. The first-order valence-corrected chi connectivity index (χ1v) is 11.6. The highest BCUT2D eigenvalue weighted by molar-refractivity contribution is 7.22. The second-order valence-corrected chi connectivity index (χ2v) is 9.36. The van der Waals surface area contributed by atoms with Gasteiger partial charge in [-0.3, -0.25) is 9.69 Å². The Bertz CT molecular complexity index is 943. The van der Waals surface area contributed by atoms with E-state index in [1.54, 1.807) is 11.3 Å². The van der Waals surface area contributed by atoms with Crippen molar-refractivity contribution in [3.63, 3.8) is 0 Å². The van der Waals surface area contributed by atoms with Crippen LogP contribution in [0.4, 0.5) is 0 Å². The minimum Gasteiger partial charge on any atom is -0.393 e. The predicted molar refractivity (Wildman–Crippen MR) is 118 cm³/mol. The van der Waals surface area contributed by atoms with E-state index < -0.39 is 0 Å². The van der Waals surface area contributed by atoms with E-state index in [4.69, 9.17) is 0 Å². The van der Waals surface area contributed by atoms with Crippen molar-refractivity contribution in [2.45, 2.75) is 39.0 Å². The fourth-order valence-electron chi connectivity index (χ4n) is 3.47. The van der Waals surface area contributed by atoms with Crippen LogP contribution in [0.5, 0.6) is 0 Å². The van der Waals surface area contributed by atoms with Crippen LogP contribution in [0, 0.1) is 6.92 Å². The molecule has 0 radical (unpaired) electrons. The second kappa shape index (κ2) is 9.17. The molecule has 1 saturated heterocycles. The first-order chi connectivity index (χ1) is 14.1. The monoisotopic (exact) mass is 427 g/mol. The first-order valence-electron chi connectivity index (χ1n) is 9.86. The van der Waals surface area contributed by atoms with Gasteiger partial charge in [0.1, 0.15) is 9.88 Å². The number of carbonyl (C=O) groups excluding carboxylic acids is 1. The Morgan fingerprint density at radius 1 is 1.21 bits per heavy atom. The standard InChI is InChI=1S/C22H25N3O2S2/c1-15-20(29-22(24-15)19-3-2-12-28-19)21(27)23-13-16-4-6-17(7-5-16)14-25-10-8-18(26)9-11-25/h2-7,12,18,26H,8-11,13-14H2,1H3,(H,23,27). The number of amides is 1.